The second-order valence-corrected chi connectivity index (χ2v) is 17.3. The van der Waals surface area contributed by atoms with Gasteiger partial charge < -0.3 is 25.2 Å². The zero-order valence-electron chi connectivity index (χ0n) is 37.3. The van der Waals surface area contributed by atoms with Crippen LogP contribution in [0.2, 0.25) is 0 Å². The average Bonchev–Trinajstić information content (AvgIpc) is 3.21. The van der Waals surface area contributed by atoms with Crippen LogP contribution in [0.15, 0.2) is 36.5 Å². The van der Waals surface area contributed by atoms with Crippen LogP contribution in [0.3, 0.4) is 0 Å². The highest BCUT2D eigenvalue weighted by Gasteiger charge is 2.28. The fourth-order valence-corrected chi connectivity index (χ4v) is 7.16. The van der Waals surface area contributed by atoms with Crippen molar-refractivity contribution in [1.29, 1.82) is 0 Å². The first-order valence-corrected chi connectivity index (χ1v) is 25.0. The van der Waals surface area contributed by atoms with Crippen molar-refractivity contribution >= 4 is 25.7 Å². The van der Waals surface area contributed by atoms with E-state index in [1.165, 1.54) is 109 Å². The highest BCUT2D eigenvalue weighted by Crippen LogP contribution is 2.43. The number of hydrogen-bond acceptors (Lipinski definition) is 9. The van der Waals surface area contributed by atoms with E-state index in [2.05, 4.69) is 54.8 Å². The first-order valence-electron chi connectivity index (χ1n) is 23.5. The van der Waals surface area contributed by atoms with Crippen LogP contribution in [0.5, 0.6) is 0 Å². The first kappa shape index (κ1) is 56.7. The molecular weight excluding hydrogens is 769 g/mol. The Morgan fingerprint density at radius 1 is 0.525 bits per heavy atom. The molecule has 0 saturated heterocycles. The van der Waals surface area contributed by atoms with Crippen LogP contribution in [-0.4, -0.2) is 59.9 Å². The molecule has 0 spiro atoms. The number of rotatable bonds is 44. The van der Waals surface area contributed by atoms with Crippen LogP contribution in [0.1, 0.15) is 213 Å². The summed E-state index contributed by atoms with van der Waals surface area (Å²) in [4.78, 5) is 46.1. The van der Waals surface area contributed by atoms with Crippen molar-refractivity contribution in [2.45, 2.75) is 225 Å². The van der Waals surface area contributed by atoms with Gasteiger partial charge in [0.2, 0.25) is 0 Å². The van der Waals surface area contributed by atoms with E-state index in [9.17, 15) is 23.8 Å². The number of phosphoric acid groups is 1. The third-order valence-corrected chi connectivity index (χ3v) is 11.1. The molecular formula is C47H86NO10P. The molecule has 3 atom stereocenters. The highest BCUT2D eigenvalue weighted by molar-refractivity contribution is 7.47. The van der Waals surface area contributed by atoms with E-state index in [0.29, 0.717) is 12.8 Å². The monoisotopic (exact) mass is 856 g/mol. The summed E-state index contributed by atoms with van der Waals surface area (Å²) < 4.78 is 32.8. The molecule has 0 radical (unpaired) electrons. The second-order valence-electron chi connectivity index (χ2n) is 15.9. The lowest BCUT2D eigenvalue weighted by Crippen LogP contribution is -2.34. The Labute approximate surface area is 359 Å². The Kier molecular flexibility index (Phi) is 40.7. The molecule has 11 nitrogen and oxygen atoms in total. The van der Waals surface area contributed by atoms with E-state index >= 15 is 0 Å². The average molecular weight is 856 g/mol. The minimum absolute atomic E-state index is 0.152. The van der Waals surface area contributed by atoms with Crippen molar-refractivity contribution in [3.05, 3.63) is 36.5 Å². The number of unbranched alkanes of at least 4 members (excludes halogenated alkanes) is 24. The van der Waals surface area contributed by atoms with Crippen LogP contribution in [0.25, 0.3) is 0 Å². The van der Waals surface area contributed by atoms with Gasteiger partial charge in [-0.25, -0.2) is 4.57 Å². The largest absolute Gasteiger partial charge is 0.480 e. The maximum absolute atomic E-state index is 12.7. The Bertz CT molecular complexity index is 1140. The lowest BCUT2D eigenvalue weighted by atomic mass is 10.1. The van der Waals surface area contributed by atoms with Crippen molar-refractivity contribution in [2.75, 3.05) is 19.8 Å². The van der Waals surface area contributed by atoms with Gasteiger partial charge in [-0.2, -0.15) is 0 Å². The smallest absolute Gasteiger partial charge is 0.472 e. The minimum atomic E-state index is -4.72. The summed E-state index contributed by atoms with van der Waals surface area (Å²) >= 11 is 0. The van der Waals surface area contributed by atoms with Crippen LogP contribution in [-0.2, 0) is 37.5 Å². The number of hydrogen-bond donors (Lipinski definition) is 3. The molecule has 344 valence electrons. The van der Waals surface area contributed by atoms with Gasteiger partial charge >= 0.3 is 25.7 Å². The van der Waals surface area contributed by atoms with E-state index in [1.807, 2.05) is 0 Å². The highest BCUT2D eigenvalue weighted by atomic mass is 31.2. The molecule has 0 amide bonds. The summed E-state index contributed by atoms with van der Waals surface area (Å²) in [5.74, 6) is -2.39. The van der Waals surface area contributed by atoms with Gasteiger partial charge in [0.1, 0.15) is 12.6 Å². The quantitative estimate of drug-likeness (QED) is 0.0230. The molecule has 0 saturated carbocycles. The molecule has 12 heteroatoms. The van der Waals surface area contributed by atoms with Gasteiger partial charge in [0.15, 0.2) is 6.10 Å². The molecule has 0 aliphatic carbocycles. The fraction of sp³-hybridized carbons (Fsp3) is 0.809. The topological polar surface area (TPSA) is 172 Å². The predicted octanol–water partition coefficient (Wildman–Crippen LogP) is 12.8. The number of esters is 2. The Morgan fingerprint density at radius 2 is 0.898 bits per heavy atom. The van der Waals surface area contributed by atoms with E-state index in [0.717, 1.165) is 64.2 Å². The first-order chi connectivity index (χ1) is 28.6. The van der Waals surface area contributed by atoms with Crippen LogP contribution in [0, 0.1) is 0 Å². The molecule has 3 unspecified atom stereocenters. The molecule has 0 aliphatic rings. The van der Waals surface area contributed by atoms with Gasteiger partial charge in [-0.15, -0.1) is 0 Å². The van der Waals surface area contributed by atoms with Gasteiger partial charge in [0.05, 0.1) is 13.2 Å². The van der Waals surface area contributed by atoms with Crippen molar-refractivity contribution in [1.82, 2.24) is 0 Å². The van der Waals surface area contributed by atoms with Gasteiger partial charge in [-0.1, -0.05) is 166 Å². The van der Waals surface area contributed by atoms with Gasteiger partial charge in [0, 0.05) is 12.8 Å². The number of carboxylic acids is 1. The molecule has 0 rings (SSSR count). The second kappa shape index (κ2) is 42.4. The third-order valence-electron chi connectivity index (χ3n) is 10.1. The zero-order valence-corrected chi connectivity index (χ0v) is 38.2. The maximum atomic E-state index is 12.7. The van der Waals surface area contributed by atoms with E-state index < -0.39 is 51.1 Å². The summed E-state index contributed by atoms with van der Waals surface area (Å²) in [6, 6.07) is -1.52. The predicted molar refractivity (Wildman–Crippen MR) is 240 cm³/mol. The summed E-state index contributed by atoms with van der Waals surface area (Å²) in [5, 5.41) is 8.90. The summed E-state index contributed by atoms with van der Waals surface area (Å²) in [6.07, 6.45) is 46.3. The Hall–Kier alpha value is -2.30. The zero-order chi connectivity index (χ0) is 43.5. The lowest BCUT2D eigenvalue weighted by molar-refractivity contribution is -0.161. The summed E-state index contributed by atoms with van der Waals surface area (Å²) in [7, 11) is -4.72. The molecule has 0 aliphatic heterocycles. The van der Waals surface area contributed by atoms with Gasteiger partial charge in [-0.3, -0.25) is 23.4 Å². The number of ether oxygens (including phenoxy) is 2. The van der Waals surface area contributed by atoms with Gasteiger partial charge in [0.25, 0.3) is 0 Å². The van der Waals surface area contributed by atoms with Crippen molar-refractivity contribution < 1.29 is 47.5 Å². The standard InChI is InChI=1S/C47H86NO10P/c1-3-5-7-9-11-13-15-17-19-21-23-25-27-29-31-33-35-37-39-46(50)58-43(41-56-59(53,54)57-42-44(48)47(51)52)40-55-45(49)38-36-34-32-30-28-26-24-22-20-18-16-14-12-10-8-6-4-2/h13,15,18-21,43-44H,3-12,14,16-17,22-42,48H2,1-2H3,(H,51,52)(H,53,54)/b15-13-,20-18-,21-19-. The molecule has 0 aromatic heterocycles. The molecule has 0 aromatic rings. The van der Waals surface area contributed by atoms with Crippen LogP contribution >= 0.6 is 7.82 Å². The van der Waals surface area contributed by atoms with Crippen molar-refractivity contribution in [2.24, 2.45) is 5.73 Å². The van der Waals surface area contributed by atoms with E-state index in [4.69, 9.17) is 24.8 Å². The number of carbonyl (C=O) groups is 3. The fourth-order valence-electron chi connectivity index (χ4n) is 6.38. The molecule has 0 aromatic carbocycles. The number of allylic oxidation sites excluding steroid dienone is 6. The normalized spacial score (nSPS) is 14.0. The van der Waals surface area contributed by atoms with E-state index in [1.54, 1.807) is 0 Å². The maximum Gasteiger partial charge on any atom is 0.472 e. The molecule has 59 heavy (non-hydrogen) atoms. The molecule has 0 heterocycles. The van der Waals surface area contributed by atoms with Crippen LogP contribution < -0.4 is 5.73 Å². The van der Waals surface area contributed by atoms with E-state index in [-0.39, 0.29) is 19.4 Å². The molecule has 4 N–H and O–H groups in total. The Balaban J connectivity index is 4.33. The molecule has 0 fully saturated rings. The summed E-state index contributed by atoms with van der Waals surface area (Å²) in [6.45, 7) is 2.79. The van der Waals surface area contributed by atoms with Crippen molar-refractivity contribution in [3.63, 3.8) is 0 Å². The van der Waals surface area contributed by atoms with Crippen molar-refractivity contribution in [3.8, 4) is 0 Å². The third kappa shape index (κ3) is 42.2. The number of nitrogens with two attached hydrogens (primary N) is 1. The number of phosphoric ester groups is 1. The Morgan fingerprint density at radius 3 is 1.36 bits per heavy atom. The van der Waals surface area contributed by atoms with Crippen LogP contribution in [0.4, 0.5) is 0 Å². The minimum Gasteiger partial charge on any atom is -0.480 e. The SMILES string of the molecule is CCCCCC/C=C\C/C=C\CCCCCCCCCC(=O)OC(COC(=O)CCCCCCCCC/C=C\CCCCCCCC)COP(=O)(O)OCC(N)C(=O)O. The molecule has 0 bridgehead atoms. The number of carboxylic acid groups (broad SMARTS) is 1. The summed E-state index contributed by atoms with van der Waals surface area (Å²) in [5.41, 5.74) is 5.34. The number of carbonyl (C=O) groups excluding carboxylic acids is 2. The lowest BCUT2D eigenvalue weighted by Gasteiger charge is -2.20. The number of aliphatic carboxylic acids is 1. The van der Waals surface area contributed by atoms with Gasteiger partial charge in [-0.05, 0) is 70.6 Å².